The van der Waals surface area contributed by atoms with Gasteiger partial charge in [-0.15, -0.1) is 0 Å². The van der Waals surface area contributed by atoms with E-state index in [-0.39, 0.29) is 23.9 Å². The van der Waals surface area contributed by atoms with Crippen molar-refractivity contribution in [3.8, 4) is 0 Å². The average Bonchev–Trinajstić information content (AvgIpc) is 2.24. The van der Waals surface area contributed by atoms with E-state index in [1.807, 2.05) is 0 Å². The molecule has 0 aliphatic heterocycles. The van der Waals surface area contributed by atoms with Crippen molar-refractivity contribution in [2.75, 3.05) is 17.6 Å². The molecular formula is C8H11N5O4. The third kappa shape index (κ3) is 3.57. The van der Waals surface area contributed by atoms with E-state index in [1.54, 1.807) is 0 Å². The van der Waals surface area contributed by atoms with E-state index < -0.39 is 16.9 Å². The molecule has 1 heterocycles. The number of pyridine rings is 1. The third-order valence-corrected chi connectivity index (χ3v) is 1.85. The number of carbonyl (C=O) groups excluding carboxylic acids is 1. The summed E-state index contributed by atoms with van der Waals surface area (Å²) < 4.78 is 0. The van der Waals surface area contributed by atoms with Crippen LogP contribution in [0, 0.1) is 10.1 Å². The standard InChI is InChI=1S/C8H11N5O4/c9-6-1-4(13(16)17)2-7(12-6)11-3-5(14)8(10)15/h1-2,5,14H,3H2,(H2,10,15)(H3,9,11,12). The van der Waals surface area contributed by atoms with Crippen molar-refractivity contribution in [1.82, 2.24) is 4.98 Å². The molecule has 0 radical (unpaired) electrons. The Morgan fingerprint density at radius 2 is 2.29 bits per heavy atom. The lowest BCUT2D eigenvalue weighted by Crippen LogP contribution is -2.34. The Morgan fingerprint density at radius 1 is 1.65 bits per heavy atom. The molecule has 0 fully saturated rings. The van der Waals surface area contributed by atoms with E-state index in [0.717, 1.165) is 12.1 Å². The molecule has 0 aromatic carbocycles. The minimum absolute atomic E-state index is 0.0461. The molecule has 1 aromatic rings. The summed E-state index contributed by atoms with van der Waals surface area (Å²) in [7, 11) is 0. The molecule has 6 N–H and O–H groups in total. The summed E-state index contributed by atoms with van der Waals surface area (Å²) in [6.45, 7) is -0.205. The summed E-state index contributed by atoms with van der Waals surface area (Å²) in [4.78, 5) is 24.2. The number of aliphatic hydroxyl groups excluding tert-OH is 1. The van der Waals surface area contributed by atoms with Crippen molar-refractivity contribution in [1.29, 1.82) is 0 Å². The maximum atomic E-state index is 10.5. The molecule has 0 aliphatic rings. The first-order valence-electron chi connectivity index (χ1n) is 4.53. The number of rotatable bonds is 5. The normalized spacial score (nSPS) is 11.8. The fourth-order valence-corrected chi connectivity index (χ4v) is 1.03. The molecule has 0 saturated carbocycles. The number of nitrogen functional groups attached to an aromatic ring is 1. The molecule has 0 saturated heterocycles. The maximum Gasteiger partial charge on any atom is 0.276 e. The molecule has 1 unspecified atom stereocenters. The summed E-state index contributed by atoms with van der Waals surface area (Å²) in [5.74, 6) is -0.872. The van der Waals surface area contributed by atoms with Crippen molar-refractivity contribution >= 4 is 23.2 Å². The molecule has 9 nitrogen and oxygen atoms in total. The van der Waals surface area contributed by atoms with Crippen LogP contribution >= 0.6 is 0 Å². The first-order chi connectivity index (χ1) is 7.90. The van der Waals surface area contributed by atoms with Crippen LogP contribution in [0.3, 0.4) is 0 Å². The lowest BCUT2D eigenvalue weighted by molar-refractivity contribution is -0.384. The molecule has 1 aromatic heterocycles. The highest BCUT2D eigenvalue weighted by molar-refractivity contribution is 5.79. The molecule has 0 spiro atoms. The Labute approximate surface area is 95.6 Å². The number of carbonyl (C=O) groups is 1. The Balaban J connectivity index is 2.78. The van der Waals surface area contributed by atoms with Gasteiger partial charge in [-0.1, -0.05) is 0 Å². The van der Waals surface area contributed by atoms with E-state index in [1.165, 1.54) is 0 Å². The average molecular weight is 241 g/mol. The van der Waals surface area contributed by atoms with Crippen molar-refractivity contribution in [2.45, 2.75) is 6.10 Å². The number of nitro groups is 1. The molecule has 0 bridgehead atoms. The van der Waals surface area contributed by atoms with Crippen molar-refractivity contribution in [3.05, 3.63) is 22.2 Å². The third-order valence-electron chi connectivity index (χ3n) is 1.85. The van der Waals surface area contributed by atoms with E-state index >= 15 is 0 Å². The van der Waals surface area contributed by atoms with E-state index in [0.29, 0.717) is 0 Å². The van der Waals surface area contributed by atoms with Gasteiger partial charge in [0.2, 0.25) is 5.91 Å². The Morgan fingerprint density at radius 3 is 2.82 bits per heavy atom. The fourth-order valence-electron chi connectivity index (χ4n) is 1.03. The van der Waals surface area contributed by atoms with Gasteiger partial charge in [-0.2, -0.15) is 0 Å². The lowest BCUT2D eigenvalue weighted by atomic mass is 10.3. The van der Waals surface area contributed by atoms with Gasteiger partial charge in [-0.25, -0.2) is 4.98 Å². The quantitative estimate of drug-likeness (QED) is 0.373. The summed E-state index contributed by atoms with van der Waals surface area (Å²) in [5.41, 5.74) is 9.94. The van der Waals surface area contributed by atoms with E-state index in [9.17, 15) is 14.9 Å². The Kier molecular flexibility index (Phi) is 3.78. The van der Waals surface area contributed by atoms with Crippen molar-refractivity contribution in [2.24, 2.45) is 5.73 Å². The second-order valence-electron chi connectivity index (χ2n) is 3.19. The summed E-state index contributed by atoms with van der Waals surface area (Å²) in [6, 6.07) is 2.22. The minimum atomic E-state index is -1.41. The number of nitrogens with one attached hydrogen (secondary N) is 1. The van der Waals surface area contributed by atoms with Gasteiger partial charge >= 0.3 is 0 Å². The fraction of sp³-hybridized carbons (Fsp3) is 0.250. The topological polar surface area (TPSA) is 157 Å². The van der Waals surface area contributed by atoms with Crippen LogP contribution in [-0.4, -0.2) is 33.6 Å². The van der Waals surface area contributed by atoms with Crippen LogP contribution in [0.4, 0.5) is 17.3 Å². The van der Waals surface area contributed by atoms with E-state index in [4.69, 9.17) is 16.6 Å². The van der Waals surface area contributed by atoms with Crippen molar-refractivity contribution < 1.29 is 14.8 Å². The molecule has 1 rings (SSSR count). The summed E-state index contributed by atoms with van der Waals surface area (Å²) >= 11 is 0. The summed E-state index contributed by atoms with van der Waals surface area (Å²) in [6.07, 6.45) is -1.41. The van der Waals surface area contributed by atoms with Crippen molar-refractivity contribution in [3.63, 3.8) is 0 Å². The van der Waals surface area contributed by atoms with Crippen LogP contribution < -0.4 is 16.8 Å². The predicted molar refractivity (Wildman–Crippen MR) is 59.0 cm³/mol. The highest BCUT2D eigenvalue weighted by atomic mass is 16.6. The number of aromatic nitrogens is 1. The number of nitrogens with two attached hydrogens (primary N) is 2. The van der Waals surface area contributed by atoms with Gasteiger partial charge in [0.15, 0.2) is 0 Å². The Hall–Kier alpha value is -2.42. The smallest absolute Gasteiger partial charge is 0.276 e. The number of hydrogen-bond donors (Lipinski definition) is 4. The number of aliphatic hydroxyl groups is 1. The molecule has 1 atom stereocenters. The number of anilines is 2. The van der Waals surface area contributed by atoms with Crippen LogP contribution in [0.2, 0.25) is 0 Å². The lowest BCUT2D eigenvalue weighted by Gasteiger charge is -2.09. The molecule has 9 heteroatoms. The zero-order valence-corrected chi connectivity index (χ0v) is 8.66. The second kappa shape index (κ2) is 5.07. The number of hydrogen-bond acceptors (Lipinski definition) is 7. The molecule has 17 heavy (non-hydrogen) atoms. The van der Waals surface area contributed by atoms with Crippen LogP contribution in [0.1, 0.15) is 0 Å². The predicted octanol–water partition coefficient (Wildman–Crippen LogP) is -1.17. The number of amides is 1. The van der Waals surface area contributed by atoms with Crippen LogP contribution in [-0.2, 0) is 4.79 Å². The zero-order valence-electron chi connectivity index (χ0n) is 8.66. The van der Waals surface area contributed by atoms with Crippen LogP contribution in [0.25, 0.3) is 0 Å². The van der Waals surface area contributed by atoms with Gasteiger partial charge in [0, 0.05) is 0 Å². The highest BCUT2D eigenvalue weighted by Gasteiger charge is 2.13. The largest absolute Gasteiger partial charge is 0.383 e. The van der Waals surface area contributed by atoms with Gasteiger partial charge in [-0.3, -0.25) is 14.9 Å². The molecule has 92 valence electrons. The first-order valence-corrected chi connectivity index (χ1v) is 4.53. The van der Waals surface area contributed by atoms with E-state index in [2.05, 4.69) is 10.3 Å². The van der Waals surface area contributed by atoms with Crippen LogP contribution in [0.5, 0.6) is 0 Å². The maximum absolute atomic E-state index is 10.5. The van der Waals surface area contributed by atoms with Gasteiger partial charge in [0.1, 0.15) is 17.7 Å². The Bertz CT molecular complexity index is 450. The zero-order chi connectivity index (χ0) is 13.0. The van der Waals surface area contributed by atoms with Crippen LogP contribution in [0.15, 0.2) is 12.1 Å². The molecular weight excluding hydrogens is 230 g/mol. The second-order valence-corrected chi connectivity index (χ2v) is 3.19. The number of nitrogens with zero attached hydrogens (tertiary/aromatic N) is 2. The van der Waals surface area contributed by atoms with Gasteiger partial charge in [0.05, 0.1) is 23.6 Å². The van der Waals surface area contributed by atoms with Gasteiger partial charge < -0.3 is 21.9 Å². The first kappa shape index (κ1) is 12.6. The van der Waals surface area contributed by atoms with Gasteiger partial charge in [-0.05, 0) is 0 Å². The highest BCUT2D eigenvalue weighted by Crippen LogP contribution is 2.18. The monoisotopic (exact) mass is 241 g/mol. The molecule has 0 aliphatic carbocycles. The molecule has 1 amide bonds. The summed E-state index contributed by atoms with van der Waals surface area (Å²) in [5, 5.41) is 22.1. The van der Waals surface area contributed by atoms with Gasteiger partial charge in [0.25, 0.3) is 5.69 Å². The SMILES string of the molecule is NC(=O)C(O)CNc1cc([N+](=O)[O-])cc(N)n1. The minimum Gasteiger partial charge on any atom is -0.383 e. The number of primary amides is 1.